The summed E-state index contributed by atoms with van der Waals surface area (Å²) >= 11 is 6.16. The first-order valence-corrected chi connectivity index (χ1v) is 9.35. The van der Waals surface area contributed by atoms with Gasteiger partial charge in [-0.1, -0.05) is 16.8 Å². The number of amides is 1. The maximum absolute atomic E-state index is 12.2. The Hall–Kier alpha value is -2.80. The highest BCUT2D eigenvalue weighted by molar-refractivity contribution is 6.32. The van der Waals surface area contributed by atoms with E-state index in [1.807, 2.05) is 50.6 Å². The number of carbonyl (C=O) groups is 1. The lowest BCUT2D eigenvalue weighted by molar-refractivity contribution is 0.0942. The fraction of sp³-hybridized carbons (Fsp3) is 0.350. The second-order valence-electron chi connectivity index (χ2n) is 6.74. The zero-order valence-electron chi connectivity index (χ0n) is 16.4. The predicted octanol–water partition coefficient (Wildman–Crippen LogP) is 3.77. The fourth-order valence-corrected chi connectivity index (χ4v) is 3.01. The van der Waals surface area contributed by atoms with Crippen LogP contribution < -0.4 is 10.1 Å². The number of benzene rings is 1. The molecule has 0 saturated heterocycles. The highest BCUT2D eigenvalue weighted by Crippen LogP contribution is 2.26. The van der Waals surface area contributed by atoms with Crippen molar-refractivity contribution in [1.82, 2.24) is 20.3 Å². The number of aromatic nitrogens is 3. The number of nitrogens with one attached hydrogen (secondary N) is 1. The van der Waals surface area contributed by atoms with Crippen LogP contribution in [-0.4, -0.2) is 27.4 Å². The van der Waals surface area contributed by atoms with Crippen LogP contribution in [0.25, 0.3) is 0 Å². The van der Waals surface area contributed by atoms with Crippen molar-refractivity contribution in [2.75, 3.05) is 6.54 Å². The Morgan fingerprint density at radius 3 is 2.54 bits per heavy atom. The minimum absolute atomic E-state index is 0.173. The van der Waals surface area contributed by atoms with Crippen molar-refractivity contribution in [1.29, 1.82) is 0 Å². The van der Waals surface area contributed by atoms with E-state index in [2.05, 4.69) is 15.6 Å². The van der Waals surface area contributed by atoms with Gasteiger partial charge in [0.1, 0.15) is 12.4 Å². The Kier molecular flexibility index (Phi) is 6.04. The van der Waals surface area contributed by atoms with Gasteiger partial charge in [-0.2, -0.15) is 5.10 Å². The minimum Gasteiger partial charge on any atom is -0.486 e. The Balaban J connectivity index is 1.52. The molecule has 8 heteroatoms. The van der Waals surface area contributed by atoms with E-state index in [4.69, 9.17) is 20.9 Å². The first-order valence-electron chi connectivity index (χ1n) is 8.98. The molecule has 3 aromatic rings. The maximum Gasteiger partial charge on any atom is 0.273 e. The molecule has 0 unspecified atom stereocenters. The van der Waals surface area contributed by atoms with Crippen LogP contribution in [0.3, 0.4) is 0 Å². The highest BCUT2D eigenvalue weighted by Gasteiger charge is 2.13. The van der Waals surface area contributed by atoms with E-state index in [0.29, 0.717) is 24.6 Å². The standard InChI is InChI=1S/C20H23ClN4O3/c1-12-7-16(8-13(2)19(12)21)27-11-17-10-18(24-28-17)20(26)22-5-6-25-15(4)9-14(3)23-25/h7-10H,5-6,11H2,1-4H3,(H,22,26). The molecule has 1 amide bonds. The summed E-state index contributed by atoms with van der Waals surface area (Å²) in [6.45, 7) is 8.98. The first kappa shape index (κ1) is 19.9. The molecule has 0 atom stereocenters. The Morgan fingerprint density at radius 1 is 1.18 bits per heavy atom. The van der Waals surface area contributed by atoms with Gasteiger partial charge in [-0.15, -0.1) is 0 Å². The minimum atomic E-state index is -0.297. The SMILES string of the molecule is Cc1cc(C)n(CCNC(=O)c2cc(COc3cc(C)c(Cl)c(C)c3)on2)n1. The van der Waals surface area contributed by atoms with E-state index < -0.39 is 0 Å². The van der Waals surface area contributed by atoms with Gasteiger partial charge in [0.2, 0.25) is 0 Å². The summed E-state index contributed by atoms with van der Waals surface area (Å²) < 4.78 is 12.8. The van der Waals surface area contributed by atoms with Crippen LogP contribution in [-0.2, 0) is 13.2 Å². The molecule has 1 aromatic carbocycles. The molecule has 3 rings (SSSR count). The Morgan fingerprint density at radius 2 is 1.89 bits per heavy atom. The second kappa shape index (κ2) is 8.48. The monoisotopic (exact) mass is 402 g/mol. The molecule has 2 heterocycles. The normalized spacial score (nSPS) is 10.9. The van der Waals surface area contributed by atoms with Gasteiger partial charge < -0.3 is 14.6 Å². The third kappa shape index (κ3) is 4.72. The number of carbonyl (C=O) groups excluding carboxylic acids is 1. The molecule has 2 aromatic heterocycles. The van der Waals surface area contributed by atoms with Crippen molar-refractivity contribution in [3.8, 4) is 5.75 Å². The van der Waals surface area contributed by atoms with Gasteiger partial charge in [-0.3, -0.25) is 9.48 Å². The first-order chi connectivity index (χ1) is 13.3. The molecule has 148 valence electrons. The van der Waals surface area contributed by atoms with Gasteiger partial charge in [0, 0.05) is 23.3 Å². The van der Waals surface area contributed by atoms with Gasteiger partial charge in [0.25, 0.3) is 5.91 Å². The van der Waals surface area contributed by atoms with Gasteiger partial charge in [0.05, 0.1) is 12.2 Å². The van der Waals surface area contributed by atoms with Gasteiger partial charge in [-0.05, 0) is 57.0 Å². The summed E-state index contributed by atoms with van der Waals surface area (Å²) in [4.78, 5) is 12.2. The van der Waals surface area contributed by atoms with Crippen LogP contribution in [0.15, 0.2) is 28.8 Å². The zero-order chi connectivity index (χ0) is 20.3. The van der Waals surface area contributed by atoms with Crippen LogP contribution in [0.4, 0.5) is 0 Å². The number of hydrogen-bond acceptors (Lipinski definition) is 5. The van der Waals surface area contributed by atoms with Gasteiger partial charge >= 0.3 is 0 Å². The summed E-state index contributed by atoms with van der Waals surface area (Å²) in [5, 5.41) is 11.7. The van der Waals surface area contributed by atoms with Crippen molar-refractivity contribution in [3.63, 3.8) is 0 Å². The average Bonchev–Trinajstić information content (AvgIpc) is 3.24. The Bertz CT molecular complexity index is 970. The quantitative estimate of drug-likeness (QED) is 0.650. The lowest BCUT2D eigenvalue weighted by Crippen LogP contribution is -2.28. The van der Waals surface area contributed by atoms with Crippen LogP contribution in [0, 0.1) is 27.7 Å². The molecular formula is C20H23ClN4O3. The maximum atomic E-state index is 12.2. The average molecular weight is 403 g/mol. The molecule has 7 nitrogen and oxygen atoms in total. The summed E-state index contributed by atoms with van der Waals surface area (Å²) in [6, 6.07) is 7.29. The summed E-state index contributed by atoms with van der Waals surface area (Å²) in [6.07, 6.45) is 0. The molecule has 0 aliphatic carbocycles. The number of halogens is 1. The molecule has 28 heavy (non-hydrogen) atoms. The van der Waals surface area contributed by atoms with Crippen molar-refractivity contribution >= 4 is 17.5 Å². The largest absolute Gasteiger partial charge is 0.486 e. The van der Waals surface area contributed by atoms with Crippen molar-refractivity contribution in [2.24, 2.45) is 0 Å². The van der Waals surface area contributed by atoms with E-state index in [1.54, 1.807) is 6.07 Å². The molecule has 1 N–H and O–H groups in total. The number of aryl methyl sites for hydroxylation is 4. The molecule has 0 bridgehead atoms. The molecular weight excluding hydrogens is 380 g/mol. The topological polar surface area (TPSA) is 82.2 Å². The summed E-state index contributed by atoms with van der Waals surface area (Å²) in [7, 11) is 0. The van der Waals surface area contributed by atoms with Crippen molar-refractivity contribution in [3.05, 3.63) is 63.3 Å². The molecule has 0 saturated carbocycles. The van der Waals surface area contributed by atoms with Gasteiger partial charge in [0.15, 0.2) is 11.5 Å². The summed E-state index contributed by atoms with van der Waals surface area (Å²) in [5.41, 5.74) is 4.11. The van der Waals surface area contributed by atoms with E-state index in [-0.39, 0.29) is 18.2 Å². The second-order valence-corrected chi connectivity index (χ2v) is 7.12. The summed E-state index contributed by atoms with van der Waals surface area (Å²) in [5.74, 6) is 0.857. The van der Waals surface area contributed by atoms with Crippen LogP contribution >= 0.6 is 11.6 Å². The van der Waals surface area contributed by atoms with E-state index >= 15 is 0 Å². The number of rotatable bonds is 7. The molecule has 0 spiro atoms. The van der Waals surface area contributed by atoms with E-state index in [0.717, 1.165) is 27.5 Å². The highest BCUT2D eigenvalue weighted by atomic mass is 35.5. The molecule has 0 fully saturated rings. The number of ether oxygens (including phenoxy) is 1. The van der Waals surface area contributed by atoms with Gasteiger partial charge in [-0.25, -0.2) is 0 Å². The Labute approximate surface area is 168 Å². The third-order valence-corrected chi connectivity index (χ3v) is 4.89. The fourth-order valence-electron chi connectivity index (χ4n) is 2.90. The smallest absolute Gasteiger partial charge is 0.273 e. The van der Waals surface area contributed by atoms with Crippen LogP contribution in [0.2, 0.25) is 5.02 Å². The molecule has 0 aliphatic rings. The van der Waals surface area contributed by atoms with E-state index in [1.165, 1.54) is 0 Å². The molecule has 0 aliphatic heterocycles. The lowest BCUT2D eigenvalue weighted by atomic mass is 10.1. The van der Waals surface area contributed by atoms with Crippen LogP contribution in [0.5, 0.6) is 5.75 Å². The van der Waals surface area contributed by atoms with Crippen molar-refractivity contribution in [2.45, 2.75) is 40.8 Å². The van der Waals surface area contributed by atoms with Crippen LogP contribution in [0.1, 0.15) is 38.8 Å². The third-order valence-electron chi connectivity index (χ3n) is 4.30. The predicted molar refractivity (Wildman–Crippen MR) is 106 cm³/mol. The van der Waals surface area contributed by atoms with E-state index in [9.17, 15) is 4.79 Å². The zero-order valence-corrected chi connectivity index (χ0v) is 17.1. The van der Waals surface area contributed by atoms with Crippen molar-refractivity contribution < 1.29 is 14.1 Å². The lowest BCUT2D eigenvalue weighted by Gasteiger charge is -2.08. The number of hydrogen-bond donors (Lipinski definition) is 1. The number of nitrogens with zero attached hydrogens (tertiary/aromatic N) is 3. The molecule has 0 radical (unpaired) electrons.